The molecular formula is C40H48F4N8O4S. The number of nitrogens with one attached hydrogen (secondary N) is 3. The molecule has 2 aromatic rings. The molecule has 306 valence electrons. The lowest BCUT2D eigenvalue weighted by Gasteiger charge is -2.42. The van der Waals surface area contributed by atoms with Crippen LogP contribution in [0.5, 0.6) is 0 Å². The molecule has 4 aliphatic rings. The monoisotopic (exact) mass is 812 g/mol. The molecule has 3 saturated heterocycles. The quantitative estimate of drug-likeness (QED) is 0.111. The zero-order valence-corrected chi connectivity index (χ0v) is 33.0. The van der Waals surface area contributed by atoms with E-state index in [1.165, 1.54) is 6.07 Å². The maximum atomic E-state index is 15.5. The van der Waals surface area contributed by atoms with E-state index in [1.807, 2.05) is 11.8 Å². The number of nitrogens with zero attached hydrogens (tertiary/aromatic N) is 5. The van der Waals surface area contributed by atoms with Crippen molar-refractivity contribution in [3.05, 3.63) is 53.6 Å². The molecule has 0 radical (unpaired) electrons. The van der Waals surface area contributed by atoms with Crippen molar-refractivity contribution in [2.45, 2.75) is 108 Å². The van der Waals surface area contributed by atoms with Crippen LogP contribution in [0.4, 0.5) is 34.6 Å². The van der Waals surface area contributed by atoms with Crippen LogP contribution in [-0.4, -0.2) is 99.6 Å². The zero-order chi connectivity index (χ0) is 41.2. The molecule has 3 atom stereocenters. The predicted molar refractivity (Wildman–Crippen MR) is 210 cm³/mol. The topological polar surface area (TPSA) is 141 Å². The lowest BCUT2D eigenvalue weighted by atomic mass is 9.82. The minimum atomic E-state index is -4.77. The highest BCUT2D eigenvalue weighted by Gasteiger charge is 2.52. The third-order valence-electron chi connectivity index (χ3n) is 11.6. The molecule has 0 spiro atoms. The van der Waals surface area contributed by atoms with Crippen LogP contribution in [0.2, 0.25) is 0 Å². The Balaban J connectivity index is 0.943. The number of amides is 4. The highest BCUT2D eigenvalue weighted by molar-refractivity contribution is 7.80. The third kappa shape index (κ3) is 9.39. The largest absolute Gasteiger partial charge is 0.417 e. The van der Waals surface area contributed by atoms with Gasteiger partial charge in [0.25, 0.3) is 5.91 Å². The van der Waals surface area contributed by atoms with Gasteiger partial charge in [-0.05, 0) is 127 Å². The van der Waals surface area contributed by atoms with Crippen molar-refractivity contribution >= 4 is 58.0 Å². The summed E-state index contributed by atoms with van der Waals surface area (Å²) in [4.78, 5) is 56.9. The van der Waals surface area contributed by atoms with Crippen molar-refractivity contribution in [2.24, 2.45) is 5.92 Å². The Bertz CT molecular complexity index is 1920. The molecule has 0 bridgehead atoms. The Morgan fingerprint density at radius 3 is 2.42 bits per heavy atom. The summed E-state index contributed by atoms with van der Waals surface area (Å²) < 4.78 is 56.7. The summed E-state index contributed by atoms with van der Waals surface area (Å²) in [5.41, 5.74) is -1.61. The molecule has 1 saturated carbocycles. The fourth-order valence-electron chi connectivity index (χ4n) is 8.62. The smallest absolute Gasteiger partial charge is 0.374 e. The number of piperazine rings is 1. The molecule has 3 aliphatic heterocycles. The number of hydrogen-bond donors (Lipinski definition) is 3. The first-order valence-electron chi connectivity index (χ1n) is 19.4. The van der Waals surface area contributed by atoms with Crippen LogP contribution in [0, 0.1) is 17.2 Å². The molecule has 57 heavy (non-hydrogen) atoms. The lowest BCUT2D eigenvalue weighted by Crippen LogP contribution is -2.57. The fraction of sp³-hybridized carbons (Fsp3) is 0.550. The molecule has 1 unspecified atom stereocenters. The van der Waals surface area contributed by atoms with Gasteiger partial charge in [0.1, 0.15) is 11.6 Å². The second kappa shape index (κ2) is 17.1. The van der Waals surface area contributed by atoms with Gasteiger partial charge >= 0.3 is 6.18 Å². The van der Waals surface area contributed by atoms with Crippen molar-refractivity contribution in [1.29, 1.82) is 5.26 Å². The van der Waals surface area contributed by atoms with Crippen LogP contribution in [0.3, 0.4) is 0 Å². The number of alkyl halides is 4. The van der Waals surface area contributed by atoms with Gasteiger partial charge < -0.3 is 15.5 Å². The lowest BCUT2D eigenvalue weighted by molar-refractivity contribution is -0.138. The minimum Gasteiger partial charge on any atom is -0.374 e. The SMILES string of the molecule is C[C@H]1CN(CCCC2CCC(N3C(=S)N(c4ccc(C#N)c(C(F)(F)F)c4)C(=O)C3(C)C)CC2)C[C@@H](F)N1CC(=O)Nc1cccc(NC2CCC(=O)NC2=O)c1. The Morgan fingerprint density at radius 2 is 1.75 bits per heavy atom. The van der Waals surface area contributed by atoms with E-state index in [-0.39, 0.29) is 54.2 Å². The molecule has 3 N–H and O–H groups in total. The van der Waals surface area contributed by atoms with E-state index in [4.69, 9.17) is 12.2 Å². The van der Waals surface area contributed by atoms with E-state index < -0.39 is 47.0 Å². The standard InChI is InChI=1S/C40H48F4N8O4S/c1-24-21-49(22-33(41)50(24)23-35(54)47-28-8-4-7-27(18-28)46-32-15-16-34(53)48-36(32)55)17-5-6-25-9-12-29(13-10-25)52-38(57)51(37(56)39(52,2)3)30-14-11-26(20-45)31(19-30)40(42,43)44/h4,7-8,11,14,18-19,24-25,29,32-33,46H,5-6,9-10,12-13,15-17,21-23H2,1-3H3,(H,47,54)(H,48,53,55)/t24-,25?,29?,32?,33-/m0/s1. The summed E-state index contributed by atoms with van der Waals surface area (Å²) in [6.45, 7) is 6.77. The number of rotatable bonds is 11. The van der Waals surface area contributed by atoms with Gasteiger partial charge in [0.05, 0.1) is 29.4 Å². The van der Waals surface area contributed by atoms with Gasteiger partial charge in [-0.25, -0.2) is 4.39 Å². The van der Waals surface area contributed by atoms with Gasteiger partial charge in [0, 0.05) is 43.0 Å². The van der Waals surface area contributed by atoms with E-state index in [1.54, 1.807) is 49.1 Å². The molecule has 1 aliphatic carbocycles. The van der Waals surface area contributed by atoms with Crippen LogP contribution in [0.15, 0.2) is 42.5 Å². The third-order valence-corrected chi connectivity index (χ3v) is 12.0. The Labute approximate surface area is 334 Å². The molecule has 17 heteroatoms. The highest BCUT2D eigenvalue weighted by Crippen LogP contribution is 2.41. The maximum Gasteiger partial charge on any atom is 0.417 e. The Hall–Kier alpha value is -4.66. The molecule has 4 fully saturated rings. The molecule has 3 heterocycles. The first-order chi connectivity index (χ1) is 27.0. The van der Waals surface area contributed by atoms with Gasteiger partial charge in [-0.15, -0.1) is 0 Å². The zero-order valence-electron chi connectivity index (χ0n) is 32.2. The number of thiocarbonyl (C=S) groups is 1. The van der Waals surface area contributed by atoms with E-state index in [0.29, 0.717) is 30.3 Å². The number of benzene rings is 2. The molecule has 0 aromatic heterocycles. The van der Waals surface area contributed by atoms with E-state index >= 15 is 4.39 Å². The van der Waals surface area contributed by atoms with Crippen molar-refractivity contribution < 1.29 is 36.7 Å². The number of hydrogen-bond acceptors (Lipinski definition) is 9. The first kappa shape index (κ1) is 42.0. The summed E-state index contributed by atoms with van der Waals surface area (Å²) >= 11 is 5.74. The van der Waals surface area contributed by atoms with E-state index in [9.17, 15) is 37.6 Å². The second-order valence-electron chi connectivity index (χ2n) is 16.0. The van der Waals surface area contributed by atoms with Gasteiger partial charge in [0.15, 0.2) is 11.4 Å². The fourth-order valence-corrected chi connectivity index (χ4v) is 9.19. The first-order valence-corrected chi connectivity index (χ1v) is 19.8. The molecular weight excluding hydrogens is 765 g/mol. The predicted octanol–water partition coefficient (Wildman–Crippen LogP) is 5.79. The minimum absolute atomic E-state index is 0.0154. The van der Waals surface area contributed by atoms with Crippen LogP contribution in [0.1, 0.15) is 83.3 Å². The summed E-state index contributed by atoms with van der Waals surface area (Å²) in [5.74, 6) is -1.04. The maximum absolute atomic E-state index is 15.5. The molecule has 2 aromatic carbocycles. The van der Waals surface area contributed by atoms with Crippen LogP contribution in [0.25, 0.3) is 0 Å². The average Bonchev–Trinajstić information content (AvgIpc) is 3.32. The van der Waals surface area contributed by atoms with Gasteiger partial charge in [0.2, 0.25) is 17.7 Å². The Morgan fingerprint density at radius 1 is 1.04 bits per heavy atom. The van der Waals surface area contributed by atoms with Gasteiger partial charge in [-0.2, -0.15) is 18.4 Å². The van der Waals surface area contributed by atoms with Crippen molar-refractivity contribution in [1.82, 2.24) is 20.0 Å². The van der Waals surface area contributed by atoms with Crippen LogP contribution < -0.4 is 20.9 Å². The van der Waals surface area contributed by atoms with Crippen LogP contribution >= 0.6 is 12.2 Å². The van der Waals surface area contributed by atoms with Crippen molar-refractivity contribution in [3.8, 4) is 6.07 Å². The highest BCUT2D eigenvalue weighted by atomic mass is 32.1. The second-order valence-corrected chi connectivity index (χ2v) is 16.4. The summed E-state index contributed by atoms with van der Waals surface area (Å²) in [6.07, 6.45) is -0.347. The number of halogens is 4. The van der Waals surface area contributed by atoms with E-state index in [2.05, 4.69) is 20.9 Å². The number of piperidine rings is 1. The average molecular weight is 813 g/mol. The summed E-state index contributed by atoms with van der Waals surface area (Å²) in [6, 6.07) is 10.8. The molecule has 6 rings (SSSR count). The molecule has 4 amide bonds. The number of carbonyl (C=O) groups excluding carboxylic acids is 4. The number of nitriles is 1. The number of imide groups is 1. The van der Waals surface area contributed by atoms with Gasteiger partial charge in [-0.3, -0.25) is 39.2 Å². The Kier molecular flexibility index (Phi) is 12.6. The number of anilines is 3. The van der Waals surface area contributed by atoms with Crippen LogP contribution in [-0.2, 0) is 25.4 Å². The normalized spacial score (nSPS) is 26.0. The summed E-state index contributed by atoms with van der Waals surface area (Å²) in [7, 11) is 0. The van der Waals surface area contributed by atoms with Crippen molar-refractivity contribution in [2.75, 3.05) is 41.7 Å². The van der Waals surface area contributed by atoms with Crippen molar-refractivity contribution in [3.63, 3.8) is 0 Å². The van der Waals surface area contributed by atoms with Gasteiger partial charge in [-0.1, -0.05) is 6.07 Å². The summed E-state index contributed by atoms with van der Waals surface area (Å²) in [5, 5.41) is 17.6. The molecule has 12 nitrogen and oxygen atoms in total. The number of carbonyl (C=O) groups is 4. The van der Waals surface area contributed by atoms with E-state index in [0.717, 1.165) is 62.1 Å².